The summed E-state index contributed by atoms with van der Waals surface area (Å²) < 4.78 is 37.6. The van der Waals surface area contributed by atoms with Gasteiger partial charge in [-0.3, -0.25) is 9.59 Å². The third-order valence-corrected chi connectivity index (χ3v) is 7.96. The molecule has 7 rings (SSSR count). The highest BCUT2D eigenvalue weighted by atomic mass is 19.1. The number of hydrogen-bond donors (Lipinski definition) is 1. The number of fused-ring (bicyclic) bond motifs is 6. The van der Waals surface area contributed by atoms with Gasteiger partial charge in [-0.25, -0.2) is 4.39 Å². The van der Waals surface area contributed by atoms with Gasteiger partial charge in [0.2, 0.25) is 5.91 Å². The van der Waals surface area contributed by atoms with Crippen molar-refractivity contribution in [3.63, 3.8) is 0 Å². The molecule has 1 N–H and O–H groups in total. The number of amides is 2. The maximum atomic E-state index is 14.5. The third-order valence-electron chi connectivity index (χ3n) is 7.96. The van der Waals surface area contributed by atoms with Crippen molar-refractivity contribution < 1.29 is 32.7 Å². The minimum Gasteiger partial charge on any atom is -0.493 e. The van der Waals surface area contributed by atoms with Crippen LogP contribution in [0.25, 0.3) is 0 Å². The molecule has 8 bridgehead atoms. The van der Waals surface area contributed by atoms with E-state index in [4.69, 9.17) is 18.7 Å². The summed E-state index contributed by atoms with van der Waals surface area (Å²) in [5.74, 6) is 1.40. The lowest BCUT2D eigenvalue weighted by Gasteiger charge is -2.38. The van der Waals surface area contributed by atoms with E-state index in [1.54, 1.807) is 7.11 Å². The summed E-state index contributed by atoms with van der Waals surface area (Å²) in [4.78, 5) is 28.5. The zero-order valence-corrected chi connectivity index (χ0v) is 24.2. The number of methoxy groups -OCH3 is 1. The van der Waals surface area contributed by atoms with Gasteiger partial charge in [-0.15, -0.1) is 0 Å². The Labute approximate surface area is 248 Å². The molecule has 3 aliphatic heterocycles. The lowest BCUT2D eigenvalue weighted by molar-refractivity contribution is -0.132. The molecule has 2 amide bonds. The number of aromatic nitrogens is 1. The second kappa shape index (κ2) is 11.8. The number of carbonyl (C=O) groups is 2. The Balaban J connectivity index is 1.43. The first-order chi connectivity index (χ1) is 20.8. The Morgan fingerprint density at radius 2 is 1.93 bits per heavy atom. The Bertz CT molecular complexity index is 1680. The summed E-state index contributed by atoms with van der Waals surface area (Å²) in [5, 5.41) is 6.77. The quantitative estimate of drug-likeness (QED) is 0.341. The average molecular weight is 586 g/mol. The molecular formula is C33H32FN3O6. The van der Waals surface area contributed by atoms with E-state index < -0.39 is 17.8 Å². The van der Waals surface area contributed by atoms with Gasteiger partial charge in [-0.05, 0) is 85.8 Å². The highest BCUT2D eigenvalue weighted by molar-refractivity contribution is 5.94. The Kier molecular flexibility index (Phi) is 7.75. The number of hydrogen-bond acceptors (Lipinski definition) is 7. The molecule has 3 aliphatic rings. The second-order valence-corrected chi connectivity index (χ2v) is 10.7. The van der Waals surface area contributed by atoms with Gasteiger partial charge in [0.1, 0.15) is 23.1 Å². The molecule has 0 aliphatic carbocycles. The highest BCUT2D eigenvalue weighted by Gasteiger charge is 2.34. The number of carbonyl (C=O) groups excluding carboxylic acids is 2. The molecule has 1 unspecified atom stereocenters. The molecule has 10 heteroatoms. The highest BCUT2D eigenvalue weighted by Crippen LogP contribution is 2.41. The van der Waals surface area contributed by atoms with Crippen molar-refractivity contribution in [2.75, 3.05) is 26.8 Å². The fourth-order valence-corrected chi connectivity index (χ4v) is 5.71. The number of nitrogens with zero attached hydrogens (tertiary/aromatic N) is 2. The van der Waals surface area contributed by atoms with E-state index in [0.29, 0.717) is 53.8 Å². The lowest BCUT2D eigenvalue weighted by atomic mass is 9.87. The van der Waals surface area contributed by atoms with Gasteiger partial charge in [0.15, 0.2) is 11.5 Å². The first-order valence-electron chi connectivity index (χ1n) is 14.2. The predicted octanol–water partition coefficient (Wildman–Crippen LogP) is 5.46. The van der Waals surface area contributed by atoms with E-state index in [-0.39, 0.29) is 31.0 Å². The van der Waals surface area contributed by atoms with Crippen molar-refractivity contribution in [3.05, 3.63) is 99.7 Å². The minimum absolute atomic E-state index is 0.0413. The first kappa shape index (κ1) is 28.3. The molecule has 0 fully saturated rings. The average Bonchev–Trinajstić information content (AvgIpc) is 3.32. The van der Waals surface area contributed by atoms with E-state index in [0.717, 1.165) is 22.3 Å². The molecule has 0 spiro atoms. The van der Waals surface area contributed by atoms with Gasteiger partial charge >= 0.3 is 0 Å². The molecule has 1 atom stereocenters. The normalized spacial score (nSPS) is 16.4. The van der Waals surface area contributed by atoms with E-state index in [1.165, 1.54) is 18.2 Å². The van der Waals surface area contributed by atoms with Crippen LogP contribution in [0.1, 0.15) is 56.5 Å². The molecule has 0 saturated heterocycles. The molecule has 3 aromatic carbocycles. The van der Waals surface area contributed by atoms with Crippen molar-refractivity contribution in [1.82, 2.24) is 15.4 Å². The van der Waals surface area contributed by atoms with Gasteiger partial charge in [-0.1, -0.05) is 17.3 Å². The molecule has 0 saturated carbocycles. The maximum Gasteiger partial charge on any atom is 0.254 e. The molecule has 9 nitrogen and oxygen atoms in total. The zero-order chi connectivity index (χ0) is 30.1. The number of ether oxygens (including phenoxy) is 3. The third kappa shape index (κ3) is 5.64. The molecule has 43 heavy (non-hydrogen) atoms. The number of rotatable bonds is 3. The number of aryl methyl sites for hydroxylation is 2. The fraction of sp³-hybridized carbons (Fsp3) is 0.303. The Hall–Kier alpha value is -4.86. The van der Waals surface area contributed by atoms with Crippen molar-refractivity contribution in [3.8, 4) is 23.0 Å². The van der Waals surface area contributed by atoms with Crippen LogP contribution in [-0.4, -0.2) is 48.7 Å². The SMILES string of the molecule is COc1ccc2cc1OCCCNC(=O)c1cc(ccc1F)Oc1ccc3c(c1)CCN(C(=O)Cc1c(C)noc1C)C23. The molecule has 0 radical (unpaired) electrons. The zero-order valence-electron chi connectivity index (χ0n) is 24.2. The van der Waals surface area contributed by atoms with Crippen LogP contribution in [0.2, 0.25) is 0 Å². The largest absolute Gasteiger partial charge is 0.493 e. The summed E-state index contributed by atoms with van der Waals surface area (Å²) in [7, 11) is 1.57. The fourth-order valence-electron chi connectivity index (χ4n) is 5.71. The summed E-state index contributed by atoms with van der Waals surface area (Å²) in [6, 6.07) is 15.1. The van der Waals surface area contributed by atoms with E-state index in [9.17, 15) is 14.0 Å². The molecule has 1 aromatic heterocycles. The lowest BCUT2D eigenvalue weighted by Crippen LogP contribution is -2.41. The van der Waals surface area contributed by atoms with Crippen LogP contribution in [0, 0.1) is 19.7 Å². The Morgan fingerprint density at radius 1 is 1.12 bits per heavy atom. The minimum atomic E-state index is -0.633. The van der Waals surface area contributed by atoms with Crippen molar-refractivity contribution in [1.29, 1.82) is 0 Å². The van der Waals surface area contributed by atoms with Gasteiger partial charge in [0.05, 0.1) is 37.4 Å². The molecular weight excluding hydrogens is 553 g/mol. The summed E-state index contributed by atoms with van der Waals surface area (Å²) in [6.45, 7) is 4.69. The summed E-state index contributed by atoms with van der Waals surface area (Å²) >= 11 is 0. The second-order valence-electron chi connectivity index (χ2n) is 10.7. The van der Waals surface area contributed by atoms with Gasteiger partial charge in [0, 0.05) is 18.7 Å². The van der Waals surface area contributed by atoms with Crippen LogP contribution in [0.15, 0.2) is 59.1 Å². The standard InChI is InChI=1S/C33H32FN3O6/c1-19-26(20(2)43-36-19)18-31(38)37-13-11-21-15-23-6-8-25(21)32(37)22-5-10-29(40-3)30(16-22)41-14-4-12-35-33(39)27-17-24(42-23)7-9-28(27)34/h5-10,15-17,32H,4,11-14,18H2,1-3H3,(H,35,39). The van der Waals surface area contributed by atoms with Crippen LogP contribution in [0.5, 0.6) is 23.0 Å². The van der Waals surface area contributed by atoms with Crippen LogP contribution >= 0.6 is 0 Å². The van der Waals surface area contributed by atoms with Crippen LogP contribution in [0.3, 0.4) is 0 Å². The number of nitrogens with one attached hydrogen (secondary N) is 1. The van der Waals surface area contributed by atoms with Crippen molar-refractivity contribution in [2.24, 2.45) is 0 Å². The predicted molar refractivity (Wildman–Crippen MR) is 155 cm³/mol. The van der Waals surface area contributed by atoms with Crippen LogP contribution < -0.4 is 19.5 Å². The van der Waals surface area contributed by atoms with E-state index >= 15 is 0 Å². The Morgan fingerprint density at radius 3 is 2.72 bits per heavy atom. The topological polar surface area (TPSA) is 103 Å². The molecule has 4 aromatic rings. The van der Waals surface area contributed by atoms with Crippen LogP contribution in [0.4, 0.5) is 4.39 Å². The van der Waals surface area contributed by atoms with E-state index in [2.05, 4.69) is 10.5 Å². The number of halogens is 1. The van der Waals surface area contributed by atoms with Gasteiger partial charge in [0.25, 0.3) is 5.91 Å². The smallest absolute Gasteiger partial charge is 0.254 e. The van der Waals surface area contributed by atoms with E-state index in [1.807, 2.05) is 55.1 Å². The van der Waals surface area contributed by atoms with Crippen molar-refractivity contribution in [2.45, 2.75) is 39.2 Å². The monoisotopic (exact) mass is 585 g/mol. The first-order valence-corrected chi connectivity index (χ1v) is 14.2. The summed E-state index contributed by atoms with van der Waals surface area (Å²) in [5.41, 5.74) is 4.25. The maximum absolute atomic E-state index is 14.5. The van der Waals surface area contributed by atoms with Crippen molar-refractivity contribution >= 4 is 11.8 Å². The molecule has 4 heterocycles. The number of benzene rings is 3. The van der Waals surface area contributed by atoms with Gasteiger partial charge in [-0.2, -0.15) is 0 Å². The molecule has 222 valence electrons. The van der Waals surface area contributed by atoms with Crippen LogP contribution in [-0.2, 0) is 17.6 Å². The summed E-state index contributed by atoms with van der Waals surface area (Å²) in [6.07, 6.45) is 1.26. The van der Waals surface area contributed by atoms with Gasteiger partial charge < -0.3 is 29.0 Å².